The van der Waals surface area contributed by atoms with E-state index in [1.807, 2.05) is 19.9 Å². The van der Waals surface area contributed by atoms with Gasteiger partial charge in [-0.1, -0.05) is 29.8 Å². The van der Waals surface area contributed by atoms with E-state index in [1.165, 1.54) is 0 Å². The Hall–Kier alpha value is -1.07. The number of hydrogen-bond donors (Lipinski definition) is 3. The quantitative estimate of drug-likeness (QED) is 0.721. The smallest absolute Gasteiger partial charge is 0.233 e. The molecule has 0 fully saturated rings. The number of carbonyl (C=O) groups excluding carboxylic acids is 1. The first-order valence-electron chi connectivity index (χ1n) is 6.57. The SMILES string of the molecule is CCCNC(=O)CNC(CC)c1cc(Br)ccc1O. The summed E-state index contributed by atoms with van der Waals surface area (Å²) < 4.78 is 0.913. The lowest BCUT2D eigenvalue weighted by atomic mass is 10.0. The molecule has 0 aliphatic rings. The molecule has 1 aromatic carbocycles. The van der Waals surface area contributed by atoms with Crippen LogP contribution < -0.4 is 10.6 Å². The molecule has 0 heterocycles. The second-order valence-electron chi connectivity index (χ2n) is 4.39. The van der Waals surface area contributed by atoms with Crippen molar-refractivity contribution in [2.45, 2.75) is 32.7 Å². The van der Waals surface area contributed by atoms with Crippen molar-refractivity contribution >= 4 is 21.8 Å². The van der Waals surface area contributed by atoms with E-state index in [-0.39, 0.29) is 24.2 Å². The van der Waals surface area contributed by atoms with Gasteiger partial charge in [-0.25, -0.2) is 0 Å². The van der Waals surface area contributed by atoms with Crippen LogP contribution in [0.15, 0.2) is 22.7 Å². The molecule has 0 saturated carbocycles. The number of aromatic hydroxyl groups is 1. The molecule has 106 valence electrons. The predicted molar refractivity (Wildman–Crippen MR) is 80.1 cm³/mol. The maximum atomic E-state index is 11.6. The van der Waals surface area contributed by atoms with Gasteiger partial charge in [0.2, 0.25) is 5.91 Å². The van der Waals surface area contributed by atoms with Crippen LogP contribution in [0, 0.1) is 0 Å². The summed E-state index contributed by atoms with van der Waals surface area (Å²) in [6, 6.07) is 5.28. The molecule has 0 saturated heterocycles. The van der Waals surface area contributed by atoms with Gasteiger partial charge in [0.05, 0.1) is 6.54 Å². The number of phenolic OH excluding ortho intramolecular Hbond substituents is 1. The molecule has 0 aromatic heterocycles. The summed E-state index contributed by atoms with van der Waals surface area (Å²) >= 11 is 3.39. The number of phenols is 1. The molecule has 0 bridgehead atoms. The van der Waals surface area contributed by atoms with Crippen LogP contribution in [0.25, 0.3) is 0 Å². The Balaban J connectivity index is 2.63. The molecular formula is C14H21BrN2O2. The van der Waals surface area contributed by atoms with Gasteiger partial charge < -0.3 is 15.7 Å². The third-order valence-corrected chi connectivity index (χ3v) is 3.35. The summed E-state index contributed by atoms with van der Waals surface area (Å²) in [4.78, 5) is 11.6. The fourth-order valence-electron chi connectivity index (χ4n) is 1.82. The minimum absolute atomic E-state index is 0.0187. The Morgan fingerprint density at radius 3 is 2.79 bits per heavy atom. The molecule has 1 aromatic rings. The van der Waals surface area contributed by atoms with Crippen LogP contribution in [-0.4, -0.2) is 24.1 Å². The van der Waals surface area contributed by atoms with Gasteiger partial charge >= 0.3 is 0 Å². The number of amides is 1. The molecule has 5 heteroatoms. The molecule has 1 amide bonds. The highest BCUT2D eigenvalue weighted by atomic mass is 79.9. The summed E-state index contributed by atoms with van der Waals surface area (Å²) in [7, 11) is 0. The van der Waals surface area contributed by atoms with E-state index < -0.39 is 0 Å². The Bertz CT molecular complexity index is 424. The maximum absolute atomic E-state index is 11.6. The summed E-state index contributed by atoms with van der Waals surface area (Å²) in [6.45, 7) is 4.98. The van der Waals surface area contributed by atoms with Gasteiger partial charge in [-0.05, 0) is 31.0 Å². The molecule has 0 spiro atoms. The van der Waals surface area contributed by atoms with Crippen LogP contribution in [0.4, 0.5) is 0 Å². The topological polar surface area (TPSA) is 61.4 Å². The van der Waals surface area contributed by atoms with Gasteiger partial charge in [-0.15, -0.1) is 0 Å². The van der Waals surface area contributed by atoms with Crippen LogP contribution in [0.3, 0.4) is 0 Å². The predicted octanol–water partition coefficient (Wildman–Crippen LogP) is 2.72. The number of rotatable bonds is 7. The Morgan fingerprint density at radius 1 is 1.42 bits per heavy atom. The van der Waals surface area contributed by atoms with Gasteiger partial charge in [0, 0.05) is 22.6 Å². The van der Waals surface area contributed by atoms with Gasteiger partial charge in [-0.2, -0.15) is 0 Å². The molecular weight excluding hydrogens is 308 g/mol. The van der Waals surface area contributed by atoms with Gasteiger partial charge in [0.25, 0.3) is 0 Å². The van der Waals surface area contributed by atoms with Gasteiger partial charge in [0.1, 0.15) is 5.75 Å². The highest BCUT2D eigenvalue weighted by molar-refractivity contribution is 9.10. The zero-order valence-corrected chi connectivity index (χ0v) is 13.0. The molecule has 0 aliphatic carbocycles. The van der Waals surface area contributed by atoms with E-state index in [0.717, 1.165) is 22.9 Å². The first kappa shape index (κ1) is 16.0. The summed E-state index contributed by atoms with van der Waals surface area (Å²) in [5.74, 6) is 0.228. The normalized spacial score (nSPS) is 12.2. The van der Waals surface area contributed by atoms with Crippen molar-refractivity contribution in [3.05, 3.63) is 28.2 Å². The average molecular weight is 329 g/mol. The molecule has 0 radical (unpaired) electrons. The van der Waals surface area contributed by atoms with Crippen molar-refractivity contribution < 1.29 is 9.90 Å². The van der Waals surface area contributed by atoms with Crippen molar-refractivity contribution in [2.75, 3.05) is 13.1 Å². The molecule has 4 nitrogen and oxygen atoms in total. The van der Waals surface area contributed by atoms with E-state index in [4.69, 9.17) is 0 Å². The summed E-state index contributed by atoms with van der Waals surface area (Å²) in [5, 5.41) is 15.9. The highest BCUT2D eigenvalue weighted by Crippen LogP contribution is 2.29. The lowest BCUT2D eigenvalue weighted by molar-refractivity contribution is -0.120. The van der Waals surface area contributed by atoms with Crippen molar-refractivity contribution in [3.8, 4) is 5.75 Å². The van der Waals surface area contributed by atoms with Crippen LogP contribution in [-0.2, 0) is 4.79 Å². The average Bonchev–Trinajstić information content (AvgIpc) is 2.40. The number of nitrogens with one attached hydrogen (secondary N) is 2. The first-order chi connectivity index (χ1) is 9.08. The van der Waals surface area contributed by atoms with Gasteiger partial charge in [0.15, 0.2) is 0 Å². The summed E-state index contributed by atoms with van der Waals surface area (Å²) in [6.07, 6.45) is 1.72. The third-order valence-electron chi connectivity index (χ3n) is 2.85. The van der Waals surface area contributed by atoms with Crippen LogP contribution in [0.2, 0.25) is 0 Å². The van der Waals surface area contributed by atoms with E-state index in [1.54, 1.807) is 12.1 Å². The zero-order chi connectivity index (χ0) is 14.3. The van der Waals surface area contributed by atoms with Gasteiger partial charge in [-0.3, -0.25) is 4.79 Å². The third kappa shape index (κ3) is 5.20. The fourth-order valence-corrected chi connectivity index (χ4v) is 2.20. The lowest BCUT2D eigenvalue weighted by Gasteiger charge is -2.18. The molecule has 19 heavy (non-hydrogen) atoms. The monoisotopic (exact) mass is 328 g/mol. The zero-order valence-electron chi connectivity index (χ0n) is 11.4. The van der Waals surface area contributed by atoms with Crippen molar-refractivity contribution in [1.82, 2.24) is 10.6 Å². The van der Waals surface area contributed by atoms with Crippen molar-refractivity contribution in [3.63, 3.8) is 0 Å². The van der Waals surface area contributed by atoms with E-state index in [9.17, 15) is 9.90 Å². The first-order valence-corrected chi connectivity index (χ1v) is 7.36. The summed E-state index contributed by atoms with van der Waals surface area (Å²) in [5.41, 5.74) is 0.806. The minimum atomic E-state index is -0.0372. The molecule has 1 rings (SSSR count). The molecule has 0 aliphatic heterocycles. The molecule has 3 N–H and O–H groups in total. The van der Waals surface area contributed by atoms with E-state index in [2.05, 4.69) is 26.6 Å². The van der Waals surface area contributed by atoms with E-state index >= 15 is 0 Å². The Labute approximate surface area is 122 Å². The standard InChI is InChI=1S/C14H21BrN2O2/c1-3-7-16-14(19)9-17-12(4-2)11-8-10(15)5-6-13(11)18/h5-6,8,12,17-18H,3-4,7,9H2,1-2H3,(H,16,19). The Kier molecular flexibility index (Phi) is 6.87. The van der Waals surface area contributed by atoms with Crippen LogP contribution in [0.5, 0.6) is 5.75 Å². The second kappa shape index (κ2) is 8.17. The highest BCUT2D eigenvalue weighted by Gasteiger charge is 2.14. The van der Waals surface area contributed by atoms with Crippen molar-refractivity contribution in [2.24, 2.45) is 0 Å². The molecule has 1 atom stereocenters. The van der Waals surface area contributed by atoms with Crippen LogP contribution in [0.1, 0.15) is 38.3 Å². The number of hydrogen-bond acceptors (Lipinski definition) is 3. The van der Waals surface area contributed by atoms with Crippen LogP contribution >= 0.6 is 15.9 Å². The Morgan fingerprint density at radius 2 is 2.16 bits per heavy atom. The maximum Gasteiger partial charge on any atom is 0.233 e. The largest absolute Gasteiger partial charge is 0.508 e. The number of benzene rings is 1. The lowest BCUT2D eigenvalue weighted by Crippen LogP contribution is -2.36. The van der Waals surface area contributed by atoms with E-state index in [0.29, 0.717) is 6.54 Å². The minimum Gasteiger partial charge on any atom is -0.508 e. The molecule has 1 unspecified atom stereocenters. The second-order valence-corrected chi connectivity index (χ2v) is 5.31. The fraction of sp³-hybridized carbons (Fsp3) is 0.500. The van der Waals surface area contributed by atoms with Crippen molar-refractivity contribution in [1.29, 1.82) is 0 Å². The number of carbonyl (C=O) groups is 1. The number of halogens is 1.